The monoisotopic (exact) mass is 254 g/mol. The highest BCUT2D eigenvalue weighted by Gasteiger charge is 2.41. The normalized spacial score (nSPS) is 17.2. The highest BCUT2D eigenvalue weighted by Crippen LogP contribution is 2.26. The fourth-order valence-electron chi connectivity index (χ4n) is 1.14. The minimum absolute atomic E-state index is 0.0923. The van der Waals surface area contributed by atoms with Crippen LogP contribution >= 0.6 is 0 Å². The number of hydrogen-bond acceptors (Lipinski definition) is 1. The van der Waals surface area contributed by atoms with Crippen LogP contribution in [0, 0.1) is 0 Å². The van der Waals surface area contributed by atoms with Crippen molar-refractivity contribution in [2.24, 2.45) is 0 Å². The van der Waals surface area contributed by atoms with Crippen LogP contribution in [0.15, 0.2) is 35.4 Å². The van der Waals surface area contributed by atoms with Crippen molar-refractivity contribution >= 4 is 0 Å². The molecule has 0 aromatic heterocycles. The molecule has 0 radical (unpaired) electrons. The van der Waals surface area contributed by atoms with E-state index in [1.54, 1.807) is 13.0 Å². The molecule has 0 aliphatic heterocycles. The topological polar surface area (TPSA) is 9.23 Å². The lowest BCUT2D eigenvalue weighted by Crippen LogP contribution is -2.32. The quantitative estimate of drug-likeness (QED) is 0.689. The highest BCUT2D eigenvalue weighted by molar-refractivity contribution is 5.30. The Morgan fingerprint density at radius 1 is 1.35 bits per heavy atom. The second-order valence-electron chi connectivity index (χ2n) is 3.64. The predicted molar refractivity (Wildman–Crippen MR) is 52.6 cm³/mol. The Labute approximate surface area is 95.3 Å². The number of allylic oxidation sites excluding steroid dienone is 5. The van der Waals surface area contributed by atoms with E-state index in [0.29, 0.717) is 5.57 Å². The van der Waals surface area contributed by atoms with Crippen molar-refractivity contribution in [2.45, 2.75) is 25.7 Å². The van der Waals surface area contributed by atoms with Crippen LogP contribution in [0.5, 0.6) is 0 Å². The first-order valence-electron chi connectivity index (χ1n) is 4.84. The van der Waals surface area contributed by atoms with Gasteiger partial charge in [-0.25, -0.2) is 13.2 Å². The van der Waals surface area contributed by atoms with Crippen LogP contribution in [0.4, 0.5) is 22.0 Å². The molecular formula is C11H11F5O. The fraction of sp³-hybridized carbons (Fsp3) is 0.455. The summed E-state index contributed by atoms with van der Waals surface area (Å²) < 4.78 is 66.3. The number of hydrogen-bond donors (Lipinski definition) is 0. The summed E-state index contributed by atoms with van der Waals surface area (Å²) in [4.78, 5) is 0. The summed E-state index contributed by atoms with van der Waals surface area (Å²) >= 11 is 0. The first kappa shape index (κ1) is 13.7. The zero-order valence-corrected chi connectivity index (χ0v) is 9.02. The summed E-state index contributed by atoms with van der Waals surface area (Å²) in [6.07, 6.45) is -0.0454. The lowest BCUT2D eigenvalue weighted by Gasteiger charge is -2.16. The third-order valence-electron chi connectivity index (χ3n) is 2.06. The maximum Gasteiger partial charge on any atom is 0.340 e. The summed E-state index contributed by atoms with van der Waals surface area (Å²) in [6, 6.07) is 0. The smallest absolute Gasteiger partial charge is 0.340 e. The van der Waals surface area contributed by atoms with Crippen LogP contribution in [0.3, 0.4) is 0 Å². The van der Waals surface area contributed by atoms with Crippen LogP contribution in [0.1, 0.15) is 13.3 Å². The number of ether oxygens (including phenoxy) is 1. The van der Waals surface area contributed by atoms with E-state index in [4.69, 9.17) is 0 Å². The number of rotatable bonds is 4. The van der Waals surface area contributed by atoms with Gasteiger partial charge in [0, 0.05) is 12.5 Å². The van der Waals surface area contributed by atoms with Crippen molar-refractivity contribution in [2.75, 3.05) is 6.61 Å². The van der Waals surface area contributed by atoms with Gasteiger partial charge in [-0.3, -0.25) is 0 Å². The average molecular weight is 254 g/mol. The van der Waals surface area contributed by atoms with Crippen LogP contribution in [0.2, 0.25) is 0 Å². The molecule has 0 atom stereocenters. The van der Waals surface area contributed by atoms with Crippen molar-refractivity contribution in [1.29, 1.82) is 0 Å². The molecular weight excluding hydrogens is 243 g/mol. The van der Waals surface area contributed by atoms with Gasteiger partial charge in [-0.1, -0.05) is 11.6 Å². The molecule has 0 heterocycles. The molecule has 96 valence electrons. The van der Waals surface area contributed by atoms with E-state index >= 15 is 0 Å². The third kappa shape index (κ3) is 4.20. The molecule has 0 N–H and O–H groups in total. The molecule has 1 aliphatic carbocycles. The molecule has 0 aromatic carbocycles. The van der Waals surface area contributed by atoms with E-state index in [1.807, 2.05) is 0 Å². The zero-order chi connectivity index (χ0) is 13.1. The van der Waals surface area contributed by atoms with Gasteiger partial charge in [-0.15, -0.1) is 0 Å². The van der Waals surface area contributed by atoms with Crippen molar-refractivity contribution in [3.05, 3.63) is 35.4 Å². The van der Waals surface area contributed by atoms with Crippen LogP contribution < -0.4 is 0 Å². The van der Waals surface area contributed by atoms with Gasteiger partial charge in [-0.05, 0) is 13.0 Å². The number of alkyl halides is 4. The Morgan fingerprint density at radius 2 is 2.00 bits per heavy atom. The Balaban J connectivity index is 2.63. The van der Waals surface area contributed by atoms with Gasteiger partial charge in [0.25, 0.3) is 0 Å². The Kier molecular flexibility index (Phi) is 4.31. The molecule has 6 heteroatoms. The van der Waals surface area contributed by atoms with Gasteiger partial charge < -0.3 is 4.74 Å². The minimum atomic E-state index is -4.23. The van der Waals surface area contributed by atoms with E-state index in [2.05, 4.69) is 4.74 Å². The second-order valence-corrected chi connectivity index (χ2v) is 3.64. The van der Waals surface area contributed by atoms with Crippen molar-refractivity contribution < 1.29 is 26.7 Å². The van der Waals surface area contributed by atoms with E-state index in [-0.39, 0.29) is 12.2 Å². The van der Waals surface area contributed by atoms with Crippen molar-refractivity contribution in [3.63, 3.8) is 0 Å². The van der Waals surface area contributed by atoms with Crippen molar-refractivity contribution in [1.82, 2.24) is 0 Å². The first-order valence-corrected chi connectivity index (χ1v) is 4.84. The van der Waals surface area contributed by atoms with Gasteiger partial charge in [0.2, 0.25) is 0 Å². The van der Waals surface area contributed by atoms with Gasteiger partial charge >= 0.3 is 12.3 Å². The molecule has 1 nitrogen and oxygen atoms in total. The molecule has 0 amide bonds. The summed E-state index contributed by atoms with van der Waals surface area (Å²) in [5, 5.41) is 0. The molecule has 0 spiro atoms. The predicted octanol–water partition coefficient (Wildman–Crippen LogP) is 3.99. The summed E-state index contributed by atoms with van der Waals surface area (Å²) in [5.74, 6) is -4.99. The minimum Gasteiger partial charge on any atom is -0.491 e. The van der Waals surface area contributed by atoms with Crippen LogP contribution in [-0.2, 0) is 4.74 Å². The molecule has 1 aliphatic rings. The van der Waals surface area contributed by atoms with E-state index < -0.39 is 24.8 Å². The summed E-state index contributed by atoms with van der Waals surface area (Å²) in [6.45, 7) is 0.167. The van der Waals surface area contributed by atoms with Crippen LogP contribution in [-0.4, -0.2) is 19.0 Å². The van der Waals surface area contributed by atoms with Crippen LogP contribution in [0.25, 0.3) is 0 Å². The second kappa shape index (κ2) is 5.33. The Bertz CT molecular complexity index is 368. The molecule has 0 saturated carbocycles. The van der Waals surface area contributed by atoms with E-state index in [1.165, 1.54) is 6.08 Å². The molecule has 1 rings (SSSR count). The Hall–Kier alpha value is -1.33. The first-order chi connectivity index (χ1) is 7.81. The highest BCUT2D eigenvalue weighted by atomic mass is 19.3. The Morgan fingerprint density at radius 3 is 2.59 bits per heavy atom. The van der Waals surface area contributed by atoms with Crippen molar-refractivity contribution in [3.8, 4) is 0 Å². The van der Waals surface area contributed by atoms with Gasteiger partial charge in [0.15, 0.2) is 6.61 Å². The molecule has 0 bridgehead atoms. The molecule has 17 heavy (non-hydrogen) atoms. The molecule has 0 saturated heterocycles. The maximum atomic E-state index is 13.1. The van der Waals surface area contributed by atoms with Gasteiger partial charge in [0.1, 0.15) is 11.6 Å². The molecule has 0 fully saturated rings. The summed E-state index contributed by atoms with van der Waals surface area (Å²) in [5.41, 5.74) is 0.609. The molecule has 0 aromatic rings. The third-order valence-corrected chi connectivity index (χ3v) is 2.06. The zero-order valence-electron chi connectivity index (χ0n) is 9.02. The standard InChI is InChI=1S/C11H11F5O/c1-7-2-3-9(5-8(12)4-7)17-6-11(15,16)10(13)14/h2,4-5,10H,3,6H2,1H3. The summed E-state index contributed by atoms with van der Waals surface area (Å²) in [7, 11) is 0. The fourth-order valence-corrected chi connectivity index (χ4v) is 1.14. The average Bonchev–Trinajstić information content (AvgIpc) is 2.36. The molecule has 0 unspecified atom stereocenters. The number of halogens is 5. The lowest BCUT2D eigenvalue weighted by molar-refractivity contribution is -0.158. The van der Waals surface area contributed by atoms with E-state index in [0.717, 1.165) is 6.08 Å². The largest absolute Gasteiger partial charge is 0.491 e. The van der Waals surface area contributed by atoms with Gasteiger partial charge in [0.05, 0.1) is 0 Å². The van der Waals surface area contributed by atoms with Gasteiger partial charge in [-0.2, -0.15) is 8.78 Å². The SMILES string of the molecule is CC1=CCC(OCC(F)(F)C(F)F)=CC(F)=C1. The maximum absolute atomic E-state index is 13.1. The van der Waals surface area contributed by atoms with E-state index in [9.17, 15) is 22.0 Å². The lowest BCUT2D eigenvalue weighted by atomic mass is 10.2.